The fraction of sp³-hybridized carbons (Fsp3) is 0.476. The molecule has 13 heteroatoms. The van der Waals surface area contributed by atoms with Crippen molar-refractivity contribution in [2.45, 2.75) is 38.0 Å². The third kappa shape index (κ3) is 3.89. The minimum atomic E-state index is -1.49. The van der Waals surface area contributed by atoms with Crippen molar-refractivity contribution in [3.63, 3.8) is 0 Å². The van der Waals surface area contributed by atoms with Crippen LogP contribution in [0.15, 0.2) is 18.3 Å². The van der Waals surface area contributed by atoms with Crippen LogP contribution in [0.25, 0.3) is 27.9 Å². The number of aromatic nitrogens is 7. The smallest absolute Gasteiger partial charge is 0.243 e. The van der Waals surface area contributed by atoms with Gasteiger partial charge in [-0.2, -0.15) is 4.98 Å². The fourth-order valence-electron chi connectivity index (χ4n) is 4.48. The highest BCUT2D eigenvalue weighted by atomic mass is 19.1. The first-order valence-corrected chi connectivity index (χ1v) is 11.0. The number of likely N-dealkylation sites (tertiary alicyclic amines) is 1. The number of nitrogens with one attached hydrogen (secondary N) is 1. The summed E-state index contributed by atoms with van der Waals surface area (Å²) in [5, 5.41) is 15.4. The van der Waals surface area contributed by atoms with Crippen molar-refractivity contribution in [1.29, 1.82) is 0 Å². The topological polar surface area (TPSA) is 115 Å². The molecule has 34 heavy (non-hydrogen) atoms. The normalized spacial score (nSPS) is 21.5. The largest absolute Gasteiger partial charge is 0.382 e. The molecule has 5 rings (SSSR count). The maximum atomic E-state index is 15.1. The van der Waals surface area contributed by atoms with Crippen molar-refractivity contribution in [2.75, 3.05) is 37.9 Å². The molecule has 10 nitrogen and oxygen atoms in total. The lowest BCUT2D eigenvalue weighted by Crippen LogP contribution is -2.54. The Labute approximate surface area is 193 Å². The zero-order valence-corrected chi connectivity index (χ0v) is 18.8. The van der Waals surface area contributed by atoms with E-state index in [0.717, 1.165) is 6.54 Å². The summed E-state index contributed by atoms with van der Waals surface area (Å²) in [6, 6.07) is 2.75. The molecule has 0 saturated carbocycles. The van der Waals surface area contributed by atoms with E-state index in [1.807, 2.05) is 11.9 Å². The molecular weight excluding hydrogens is 449 g/mol. The van der Waals surface area contributed by atoms with Crippen molar-refractivity contribution in [3.8, 4) is 11.3 Å². The van der Waals surface area contributed by atoms with Gasteiger partial charge in [-0.25, -0.2) is 23.0 Å². The van der Waals surface area contributed by atoms with Gasteiger partial charge in [0.2, 0.25) is 5.95 Å². The summed E-state index contributed by atoms with van der Waals surface area (Å²) in [5.74, 6) is -0.458. The highest BCUT2D eigenvalue weighted by molar-refractivity contribution is 5.88. The molecule has 2 unspecified atom stereocenters. The first-order valence-electron chi connectivity index (χ1n) is 11.0. The van der Waals surface area contributed by atoms with Gasteiger partial charge in [-0.1, -0.05) is 5.21 Å². The van der Waals surface area contributed by atoms with E-state index < -0.39 is 24.2 Å². The van der Waals surface area contributed by atoms with E-state index in [-0.39, 0.29) is 35.8 Å². The summed E-state index contributed by atoms with van der Waals surface area (Å²) < 4.78 is 45.6. The van der Waals surface area contributed by atoms with Gasteiger partial charge in [0.15, 0.2) is 17.3 Å². The third-order valence-electron chi connectivity index (χ3n) is 6.14. The Balaban J connectivity index is 1.52. The molecule has 0 amide bonds. The summed E-state index contributed by atoms with van der Waals surface area (Å²) in [4.78, 5) is 10.7. The van der Waals surface area contributed by atoms with Gasteiger partial charge in [0, 0.05) is 19.6 Å². The van der Waals surface area contributed by atoms with Crippen LogP contribution in [0.4, 0.5) is 24.9 Å². The van der Waals surface area contributed by atoms with Crippen LogP contribution in [0.3, 0.4) is 0 Å². The van der Waals surface area contributed by atoms with E-state index >= 15 is 8.78 Å². The van der Waals surface area contributed by atoms with Crippen molar-refractivity contribution >= 4 is 28.4 Å². The zero-order chi connectivity index (χ0) is 24.0. The van der Waals surface area contributed by atoms with Crippen molar-refractivity contribution in [3.05, 3.63) is 24.1 Å². The van der Waals surface area contributed by atoms with Gasteiger partial charge in [0.25, 0.3) is 0 Å². The van der Waals surface area contributed by atoms with Gasteiger partial charge in [-0.3, -0.25) is 4.39 Å². The second-order valence-electron chi connectivity index (χ2n) is 8.86. The van der Waals surface area contributed by atoms with Crippen LogP contribution in [0.1, 0.15) is 19.8 Å². The number of hydrogen-bond donors (Lipinski definition) is 2. The molecular formula is C21H25F3N10. The van der Waals surface area contributed by atoms with Gasteiger partial charge < -0.3 is 16.0 Å². The molecule has 0 radical (unpaired) electrons. The van der Waals surface area contributed by atoms with Crippen molar-refractivity contribution < 1.29 is 13.2 Å². The van der Waals surface area contributed by atoms with Crippen LogP contribution in [0, 0.1) is 5.82 Å². The lowest BCUT2D eigenvalue weighted by Gasteiger charge is -2.39. The number of rotatable bonds is 6. The minimum Gasteiger partial charge on any atom is -0.382 e. The number of piperidine rings is 1. The van der Waals surface area contributed by atoms with Crippen LogP contribution < -0.4 is 11.1 Å². The summed E-state index contributed by atoms with van der Waals surface area (Å²) in [5.41, 5.74) is 6.29. The molecule has 1 saturated heterocycles. The molecule has 1 aliphatic rings. The molecule has 0 spiro atoms. The summed E-state index contributed by atoms with van der Waals surface area (Å²) in [6.45, 7) is 2.33. The van der Waals surface area contributed by atoms with E-state index in [1.165, 1.54) is 22.3 Å². The average molecular weight is 474 g/mol. The quantitative estimate of drug-likeness (QED) is 0.438. The van der Waals surface area contributed by atoms with E-state index in [4.69, 9.17) is 5.73 Å². The summed E-state index contributed by atoms with van der Waals surface area (Å²) in [7, 11) is 1.87. The molecule has 3 N–H and O–H groups in total. The molecule has 5 heterocycles. The van der Waals surface area contributed by atoms with Gasteiger partial charge in [-0.15, -0.1) is 10.2 Å². The Kier molecular flexibility index (Phi) is 5.50. The molecule has 1 aliphatic heterocycles. The number of halogens is 3. The molecule has 0 aliphatic carbocycles. The first-order chi connectivity index (χ1) is 16.3. The Morgan fingerprint density at radius 2 is 2.12 bits per heavy atom. The molecule has 0 bridgehead atoms. The Morgan fingerprint density at radius 3 is 2.88 bits per heavy atom. The summed E-state index contributed by atoms with van der Waals surface area (Å²) in [6.07, 6.45) is 2.01. The number of aryl methyl sites for hydroxylation is 1. The maximum Gasteiger partial charge on any atom is 0.243 e. The highest BCUT2D eigenvalue weighted by Crippen LogP contribution is 2.32. The molecule has 2 atom stereocenters. The van der Waals surface area contributed by atoms with Crippen LogP contribution in [-0.2, 0) is 6.54 Å². The zero-order valence-electron chi connectivity index (χ0n) is 18.8. The van der Waals surface area contributed by atoms with Crippen molar-refractivity contribution in [2.24, 2.45) is 0 Å². The van der Waals surface area contributed by atoms with Crippen LogP contribution in [0.5, 0.6) is 0 Å². The number of nitrogens with two attached hydrogens (primary N) is 1. The van der Waals surface area contributed by atoms with Crippen molar-refractivity contribution in [1.82, 2.24) is 39.5 Å². The number of nitrogen functional groups attached to an aromatic ring is 1. The van der Waals surface area contributed by atoms with E-state index in [0.29, 0.717) is 29.8 Å². The second kappa shape index (κ2) is 8.38. The number of nitrogens with zero attached hydrogens (tertiary/aromatic N) is 8. The third-order valence-corrected chi connectivity index (χ3v) is 6.14. The Bertz CT molecular complexity index is 1350. The molecule has 4 aromatic heterocycles. The lowest BCUT2D eigenvalue weighted by atomic mass is 9.91. The van der Waals surface area contributed by atoms with Gasteiger partial charge in [-0.05, 0) is 38.9 Å². The van der Waals surface area contributed by atoms with Crippen LogP contribution >= 0.6 is 0 Å². The van der Waals surface area contributed by atoms with Crippen LogP contribution in [-0.4, -0.2) is 78.0 Å². The Morgan fingerprint density at radius 1 is 1.29 bits per heavy atom. The molecule has 1 fully saturated rings. The second-order valence-corrected chi connectivity index (χ2v) is 8.86. The number of pyridine rings is 1. The van der Waals surface area contributed by atoms with E-state index in [1.54, 1.807) is 12.1 Å². The van der Waals surface area contributed by atoms with Gasteiger partial charge in [0.05, 0.1) is 30.2 Å². The predicted molar refractivity (Wildman–Crippen MR) is 121 cm³/mol. The first kappa shape index (κ1) is 22.3. The summed E-state index contributed by atoms with van der Waals surface area (Å²) >= 11 is 0. The fourth-order valence-corrected chi connectivity index (χ4v) is 4.48. The lowest BCUT2D eigenvalue weighted by molar-refractivity contribution is 0.0619. The predicted octanol–water partition coefficient (Wildman–Crippen LogP) is 2.46. The number of hydrogen-bond acceptors (Lipinski definition) is 8. The van der Waals surface area contributed by atoms with E-state index in [2.05, 4.69) is 30.7 Å². The van der Waals surface area contributed by atoms with Crippen LogP contribution in [0.2, 0.25) is 0 Å². The monoisotopic (exact) mass is 474 g/mol. The maximum absolute atomic E-state index is 15.1. The number of fused-ring (bicyclic) bond motifs is 2. The molecule has 0 aromatic carbocycles. The molecule has 4 aromatic rings. The minimum absolute atomic E-state index is 0.0239. The standard InChI is InChI=1S/C21H25F3N10/c1-21(24)11-32(2)9-6-15(21)27-20-28-18(25)17-16(12(23)10-34(17)30-20)13-4-5-14-19(26-13)33(31-29-14)8-3-7-22/h4-5,10,15H,3,6-9,11H2,1-2H3,(H3,25,27,28,30). The average Bonchev–Trinajstić information content (AvgIpc) is 3.33. The highest BCUT2D eigenvalue weighted by Gasteiger charge is 2.39. The van der Waals surface area contributed by atoms with Gasteiger partial charge >= 0.3 is 0 Å². The number of anilines is 2. The SMILES string of the molecule is CN1CCC(Nc2nc(N)c3c(-c4ccc5nnn(CCCF)c5n4)c(F)cn3n2)C(C)(F)C1. The molecule has 180 valence electrons. The number of alkyl halides is 2. The van der Waals surface area contributed by atoms with Gasteiger partial charge in [0.1, 0.15) is 16.7 Å². The Hall–Kier alpha value is -3.48. The van der Waals surface area contributed by atoms with E-state index in [9.17, 15) is 4.39 Å².